The Balaban J connectivity index is 3.49. The van der Waals surface area contributed by atoms with E-state index in [9.17, 15) is 22.4 Å². The topological polar surface area (TPSA) is 37.3 Å². The van der Waals surface area contributed by atoms with E-state index in [-0.39, 0.29) is 12.1 Å². The van der Waals surface area contributed by atoms with Crippen molar-refractivity contribution in [2.24, 2.45) is 0 Å². The van der Waals surface area contributed by atoms with Crippen molar-refractivity contribution in [2.75, 3.05) is 0 Å². The van der Waals surface area contributed by atoms with E-state index in [1.165, 1.54) is 0 Å². The Hall–Kier alpha value is -1.30. The summed E-state index contributed by atoms with van der Waals surface area (Å²) < 4.78 is 49.6. The van der Waals surface area contributed by atoms with Gasteiger partial charge in [0.25, 0.3) is 0 Å². The number of hydrogen-bond acceptors (Lipinski definition) is 1. The normalized spacial score (nSPS) is 11.5. The third kappa shape index (κ3) is 2.38. The number of rotatable bonds is 1. The highest BCUT2D eigenvalue weighted by molar-refractivity contribution is 6.30. The van der Waals surface area contributed by atoms with Crippen LogP contribution in [0.4, 0.5) is 17.6 Å². The summed E-state index contributed by atoms with van der Waals surface area (Å²) >= 11 is 5.13. The molecule has 82 valence electrons. The molecular weight excluding hydrogens is 240 g/mol. The molecule has 0 atom stereocenters. The molecule has 15 heavy (non-hydrogen) atoms. The number of aromatic carboxylic acids is 1. The third-order valence-corrected chi connectivity index (χ3v) is 1.89. The second kappa shape index (κ2) is 3.69. The van der Waals surface area contributed by atoms with Gasteiger partial charge in [0.1, 0.15) is 5.82 Å². The van der Waals surface area contributed by atoms with E-state index in [0.717, 1.165) is 0 Å². The summed E-state index contributed by atoms with van der Waals surface area (Å²) in [5, 5.41) is 7.66. The summed E-state index contributed by atoms with van der Waals surface area (Å²) in [5.74, 6) is -3.07. The molecule has 2 nitrogen and oxygen atoms in total. The number of carboxylic acid groups (broad SMARTS) is 1. The number of halogens is 5. The van der Waals surface area contributed by atoms with Gasteiger partial charge in [0, 0.05) is 0 Å². The third-order valence-electron chi connectivity index (χ3n) is 1.60. The van der Waals surface area contributed by atoms with Crippen molar-refractivity contribution in [1.29, 1.82) is 0 Å². The largest absolute Gasteiger partial charge is 0.478 e. The van der Waals surface area contributed by atoms with Gasteiger partial charge in [-0.2, -0.15) is 13.2 Å². The highest BCUT2D eigenvalue weighted by Crippen LogP contribution is 2.34. The fourth-order valence-electron chi connectivity index (χ4n) is 0.958. The molecular formula is C8H3ClF4O2. The van der Waals surface area contributed by atoms with Gasteiger partial charge in [-0.1, -0.05) is 11.6 Å². The zero-order chi connectivity index (χ0) is 11.8. The van der Waals surface area contributed by atoms with Crippen molar-refractivity contribution in [3.63, 3.8) is 0 Å². The Morgan fingerprint density at radius 2 is 1.87 bits per heavy atom. The second-order valence-corrected chi connectivity index (χ2v) is 3.02. The average molecular weight is 243 g/mol. The SMILES string of the molecule is O=C(O)c1cc(F)c(Cl)cc1C(F)(F)F. The van der Waals surface area contributed by atoms with Gasteiger partial charge in [0.05, 0.1) is 16.1 Å². The lowest BCUT2D eigenvalue weighted by Crippen LogP contribution is -2.13. The molecule has 0 bridgehead atoms. The summed E-state index contributed by atoms with van der Waals surface area (Å²) in [4.78, 5) is 10.4. The van der Waals surface area contributed by atoms with Crippen LogP contribution in [0.25, 0.3) is 0 Å². The molecule has 1 rings (SSSR count). The zero-order valence-corrected chi connectivity index (χ0v) is 7.66. The van der Waals surface area contributed by atoms with Crippen LogP contribution >= 0.6 is 11.6 Å². The van der Waals surface area contributed by atoms with Crippen LogP contribution in [0.15, 0.2) is 12.1 Å². The maximum atomic E-state index is 12.7. The molecule has 0 saturated carbocycles. The van der Waals surface area contributed by atoms with Crippen LogP contribution in [0.5, 0.6) is 0 Å². The number of benzene rings is 1. The van der Waals surface area contributed by atoms with Gasteiger partial charge >= 0.3 is 12.1 Å². The summed E-state index contributed by atoms with van der Waals surface area (Å²) in [5.41, 5.74) is -2.63. The van der Waals surface area contributed by atoms with Crippen molar-refractivity contribution in [3.05, 3.63) is 34.1 Å². The van der Waals surface area contributed by atoms with E-state index in [1.54, 1.807) is 0 Å². The van der Waals surface area contributed by atoms with Crippen LogP contribution in [-0.4, -0.2) is 11.1 Å². The van der Waals surface area contributed by atoms with Crippen molar-refractivity contribution < 1.29 is 27.5 Å². The Bertz CT molecular complexity index is 414. The molecule has 0 unspecified atom stereocenters. The van der Waals surface area contributed by atoms with E-state index >= 15 is 0 Å². The molecule has 0 aromatic heterocycles. The smallest absolute Gasteiger partial charge is 0.417 e. The van der Waals surface area contributed by atoms with Crippen LogP contribution < -0.4 is 0 Å². The van der Waals surface area contributed by atoms with E-state index < -0.39 is 34.1 Å². The van der Waals surface area contributed by atoms with Crippen LogP contribution in [-0.2, 0) is 6.18 Å². The lowest BCUT2D eigenvalue weighted by Gasteiger charge is -2.10. The number of carboxylic acids is 1. The van der Waals surface area contributed by atoms with Gasteiger partial charge in [0.15, 0.2) is 0 Å². The van der Waals surface area contributed by atoms with Gasteiger partial charge in [-0.25, -0.2) is 9.18 Å². The molecule has 1 aromatic rings. The Morgan fingerprint density at radius 1 is 1.33 bits per heavy atom. The van der Waals surface area contributed by atoms with Crippen molar-refractivity contribution in [2.45, 2.75) is 6.18 Å². The zero-order valence-electron chi connectivity index (χ0n) is 6.90. The maximum Gasteiger partial charge on any atom is 0.417 e. The van der Waals surface area contributed by atoms with Gasteiger partial charge in [-0.15, -0.1) is 0 Å². The van der Waals surface area contributed by atoms with Crippen LogP contribution in [0.3, 0.4) is 0 Å². The summed E-state index contributed by atoms with van der Waals surface area (Å²) in [7, 11) is 0. The predicted octanol–water partition coefficient (Wildman–Crippen LogP) is 3.20. The lowest BCUT2D eigenvalue weighted by molar-refractivity contribution is -0.138. The molecule has 1 N–H and O–H groups in total. The molecule has 0 saturated heterocycles. The monoisotopic (exact) mass is 242 g/mol. The highest BCUT2D eigenvalue weighted by Gasteiger charge is 2.36. The van der Waals surface area contributed by atoms with Crippen LogP contribution in [0.2, 0.25) is 5.02 Å². The highest BCUT2D eigenvalue weighted by atomic mass is 35.5. The lowest BCUT2D eigenvalue weighted by atomic mass is 10.1. The molecule has 0 amide bonds. The van der Waals surface area contributed by atoms with E-state index in [0.29, 0.717) is 0 Å². The van der Waals surface area contributed by atoms with Gasteiger partial charge < -0.3 is 5.11 Å². The fraction of sp³-hybridized carbons (Fsp3) is 0.125. The molecule has 0 aliphatic rings. The number of alkyl halides is 3. The number of hydrogen-bond donors (Lipinski definition) is 1. The maximum absolute atomic E-state index is 12.7. The van der Waals surface area contributed by atoms with Gasteiger partial charge in [0.2, 0.25) is 0 Å². The first-order valence-electron chi connectivity index (χ1n) is 3.53. The standard InChI is InChI=1S/C8H3ClF4O2/c9-5-2-4(8(11,12)13)3(7(14)15)1-6(5)10/h1-2H,(H,14,15). The van der Waals surface area contributed by atoms with Crippen LogP contribution in [0, 0.1) is 5.82 Å². The molecule has 1 aromatic carbocycles. The first kappa shape index (κ1) is 11.8. The van der Waals surface area contributed by atoms with Gasteiger partial charge in [-0.05, 0) is 12.1 Å². The average Bonchev–Trinajstić information content (AvgIpc) is 2.06. The van der Waals surface area contributed by atoms with Crippen molar-refractivity contribution in [3.8, 4) is 0 Å². The van der Waals surface area contributed by atoms with Crippen molar-refractivity contribution in [1.82, 2.24) is 0 Å². The van der Waals surface area contributed by atoms with E-state index in [1.807, 2.05) is 0 Å². The second-order valence-electron chi connectivity index (χ2n) is 2.61. The van der Waals surface area contributed by atoms with Gasteiger partial charge in [-0.3, -0.25) is 0 Å². The number of carbonyl (C=O) groups is 1. The summed E-state index contributed by atoms with van der Waals surface area (Å²) in [6, 6.07) is 0.494. The molecule has 0 heterocycles. The van der Waals surface area contributed by atoms with E-state index in [2.05, 4.69) is 0 Å². The Morgan fingerprint density at radius 3 is 2.27 bits per heavy atom. The fourth-order valence-corrected chi connectivity index (χ4v) is 1.12. The minimum absolute atomic E-state index is 0.244. The molecule has 0 radical (unpaired) electrons. The predicted molar refractivity (Wildman–Crippen MR) is 43.4 cm³/mol. The Kier molecular flexibility index (Phi) is 2.90. The molecule has 0 aliphatic carbocycles. The van der Waals surface area contributed by atoms with Crippen LogP contribution in [0.1, 0.15) is 15.9 Å². The summed E-state index contributed by atoms with van der Waals surface area (Å²) in [6.45, 7) is 0. The first-order chi connectivity index (χ1) is 6.73. The minimum atomic E-state index is -4.88. The molecule has 7 heteroatoms. The summed E-state index contributed by atoms with van der Waals surface area (Å²) in [6.07, 6.45) is -4.88. The molecule has 0 aliphatic heterocycles. The Labute approximate surface area is 86.1 Å². The van der Waals surface area contributed by atoms with Crippen molar-refractivity contribution >= 4 is 17.6 Å². The first-order valence-corrected chi connectivity index (χ1v) is 3.91. The molecule has 0 spiro atoms. The molecule has 0 fully saturated rings. The quantitative estimate of drug-likeness (QED) is 0.768. The minimum Gasteiger partial charge on any atom is -0.478 e. The van der Waals surface area contributed by atoms with E-state index in [4.69, 9.17) is 16.7 Å².